The van der Waals surface area contributed by atoms with Gasteiger partial charge >= 0.3 is 0 Å². The highest BCUT2D eigenvalue weighted by molar-refractivity contribution is 5.99. The number of nitrogens with one attached hydrogen (secondary N) is 1. The van der Waals surface area contributed by atoms with Crippen molar-refractivity contribution in [2.75, 3.05) is 32.5 Å². The van der Waals surface area contributed by atoms with E-state index in [9.17, 15) is 9.59 Å². The second-order valence-electron chi connectivity index (χ2n) is 11.4. The van der Waals surface area contributed by atoms with E-state index in [0.29, 0.717) is 42.0 Å². The van der Waals surface area contributed by atoms with Gasteiger partial charge in [-0.05, 0) is 62.1 Å². The van der Waals surface area contributed by atoms with Gasteiger partial charge in [0.2, 0.25) is 5.95 Å². The number of rotatable bonds is 5. The average Bonchev–Trinajstić information content (AvgIpc) is 3.71. The van der Waals surface area contributed by atoms with Gasteiger partial charge in [-0.2, -0.15) is 4.98 Å². The lowest BCUT2D eigenvalue weighted by Gasteiger charge is -2.26. The average molecular weight is 513 g/mol. The van der Waals surface area contributed by atoms with E-state index < -0.39 is 0 Å². The van der Waals surface area contributed by atoms with E-state index in [-0.39, 0.29) is 23.9 Å². The lowest BCUT2D eigenvalue weighted by Crippen LogP contribution is -2.41. The van der Waals surface area contributed by atoms with Crippen LogP contribution in [-0.4, -0.2) is 80.1 Å². The molecule has 4 atom stereocenters. The van der Waals surface area contributed by atoms with Gasteiger partial charge < -0.3 is 19.7 Å². The molecule has 10 nitrogen and oxygen atoms in total. The van der Waals surface area contributed by atoms with Crippen LogP contribution in [0.15, 0.2) is 35.6 Å². The monoisotopic (exact) mass is 512 g/mol. The first-order chi connectivity index (χ1) is 18.4. The van der Waals surface area contributed by atoms with Crippen molar-refractivity contribution in [1.29, 1.82) is 0 Å². The minimum Gasteiger partial charge on any atom is -0.343 e. The number of pyridine rings is 1. The van der Waals surface area contributed by atoms with Crippen LogP contribution in [0.5, 0.6) is 0 Å². The number of nitrogens with zero attached hydrogens (tertiary/aromatic N) is 7. The summed E-state index contributed by atoms with van der Waals surface area (Å²) in [5.41, 5.74) is 3.14. The zero-order valence-electron chi connectivity index (χ0n) is 21.8. The molecule has 4 unspecified atom stereocenters. The molecular weight excluding hydrogens is 480 g/mol. The second kappa shape index (κ2) is 8.89. The molecule has 5 heterocycles. The highest BCUT2D eigenvalue weighted by atomic mass is 16.2. The predicted octanol–water partition coefficient (Wildman–Crippen LogP) is 3.69. The van der Waals surface area contributed by atoms with Crippen molar-refractivity contribution in [2.45, 2.75) is 50.6 Å². The van der Waals surface area contributed by atoms with E-state index in [0.717, 1.165) is 41.9 Å². The van der Waals surface area contributed by atoms with E-state index >= 15 is 0 Å². The SMILES string of the molecule is CN(C)C(=O)c1cc2cnc(Nc3ccc(C(=O)N4CC5=NC(CC5)C4)cn3)nc2n1C1CC2CCC1C2. The first kappa shape index (κ1) is 23.3. The molecule has 10 heteroatoms. The van der Waals surface area contributed by atoms with Crippen LogP contribution in [0.2, 0.25) is 0 Å². The van der Waals surface area contributed by atoms with Gasteiger partial charge in [0.15, 0.2) is 0 Å². The van der Waals surface area contributed by atoms with Gasteiger partial charge in [-0.15, -0.1) is 0 Å². The predicted molar refractivity (Wildman–Crippen MR) is 144 cm³/mol. The molecule has 2 amide bonds. The van der Waals surface area contributed by atoms with Gasteiger partial charge in [0.25, 0.3) is 11.8 Å². The normalized spacial score (nSPS) is 25.6. The molecule has 2 aliphatic heterocycles. The van der Waals surface area contributed by atoms with Crippen molar-refractivity contribution in [1.82, 2.24) is 29.3 Å². The van der Waals surface area contributed by atoms with E-state index in [1.54, 1.807) is 43.5 Å². The van der Waals surface area contributed by atoms with E-state index in [2.05, 4.69) is 24.8 Å². The minimum atomic E-state index is -0.0176. The smallest absolute Gasteiger partial charge is 0.270 e. The number of aromatic nitrogens is 4. The molecule has 2 saturated carbocycles. The Kier molecular flexibility index (Phi) is 5.45. The fourth-order valence-corrected chi connectivity index (χ4v) is 6.88. The first-order valence-corrected chi connectivity index (χ1v) is 13.6. The first-order valence-electron chi connectivity index (χ1n) is 13.6. The summed E-state index contributed by atoms with van der Waals surface area (Å²) in [6.45, 7) is 1.29. The zero-order valence-corrected chi connectivity index (χ0v) is 21.8. The van der Waals surface area contributed by atoms with Crippen molar-refractivity contribution >= 4 is 40.3 Å². The van der Waals surface area contributed by atoms with Crippen LogP contribution in [0.3, 0.4) is 0 Å². The summed E-state index contributed by atoms with van der Waals surface area (Å²) < 4.78 is 2.17. The lowest BCUT2D eigenvalue weighted by atomic mass is 9.95. The molecule has 0 spiro atoms. The third-order valence-electron chi connectivity index (χ3n) is 8.71. The molecule has 3 aromatic rings. The van der Waals surface area contributed by atoms with Crippen LogP contribution in [0.4, 0.5) is 11.8 Å². The largest absolute Gasteiger partial charge is 0.343 e. The number of aliphatic imine (C=N–C) groups is 1. The van der Waals surface area contributed by atoms with Gasteiger partial charge in [-0.3, -0.25) is 14.6 Å². The summed E-state index contributed by atoms with van der Waals surface area (Å²) in [5, 5.41) is 4.05. The third kappa shape index (κ3) is 3.93. The lowest BCUT2D eigenvalue weighted by molar-refractivity contribution is 0.0766. The van der Waals surface area contributed by atoms with Gasteiger partial charge in [-0.1, -0.05) is 6.42 Å². The number of fused-ring (bicyclic) bond motifs is 4. The Morgan fingerprint density at radius 1 is 1.08 bits per heavy atom. The van der Waals surface area contributed by atoms with E-state index in [1.807, 2.05) is 11.0 Å². The molecule has 0 radical (unpaired) electrons. The molecule has 4 bridgehead atoms. The standard InChI is InChI=1S/C28H32N8O2/c1-34(2)27(38)23-11-19-13-30-28(33-25(19)36(23)22-10-16-3-4-17(22)9-16)32-24-8-5-18(12-29-24)26(37)35-14-20-6-7-21(15-35)31-20/h5,8,11-13,16-17,20,22H,3-4,6-7,9-10,14-15H2,1-2H3,(H,29,30,32,33). The molecule has 4 aliphatic rings. The highest BCUT2D eigenvalue weighted by Gasteiger charge is 2.42. The number of hydrogen-bond donors (Lipinski definition) is 1. The molecule has 196 valence electrons. The highest BCUT2D eigenvalue weighted by Crippen LogP contribution is 2.52. The van der Waals surface area contributed by atoms with Gasteiger partial charge in [0, 0.05) is 50.2 Å². The topological polar surface area (TPSA) is 109 Å². The summed E-state index contributed by atoms with van der Waals surface area (Å²) in [5.74, 6) is 2.28. The third-order valence-corrected chi connectivity index (χ3v) is 8.71. The Bertz CT molecular complexity index is 1460. The Morgan fingerprint density at radius 3 is 2.68 bits per heavy atom. The van der Waals surface area contributed by atoms with Gasteiger partial charge in [0.1, 0.15) is 17.2 Å². The number of carbonyl (C=O) groups excluding carboxylic acids is 2. The molecule has 0 saturated heterocycles. The Morgan fingerprint density at radius 2 is 1.97 bits per heavy atom. The summed E-state index contributed by atoms with van der Waals surface area (Å²) in [6.07, 6.45) is 10.2. The maximum Gasteiger partial charge on any atom is 0.270 e. The molecule has 7 rings (SSSR count). The number of carbonyl (C=O) groups is 2. The Balaban J connectivity index is 1.15. The van der Waals surface area contributed by atoms with Crippen LogP contribution in [0.25, 0.3) is 11.0 Å². The fourth-order valence-electron chi connectivity index (χ4n) is 6.88. The maximum absolute atomic E-state index is 13.1. The molecule has 1 N–H and O–H groups in total. The number of hydrogen-bond acceptors (Lipinski definition) is 7. The fraction of sp³-hybridized carbons (Fsp3) is 0.500. The van der Waals surface area contributed by atoms with E-state index in [1.165, 1.54) is 19.3 Å². The van der Waals surface area contributed by atoms with E-state index in [4.69, 9.17) is 4.98 Å². The summed E-state index contributed by atoms with van der Waals surface area (Å²) in [6, 6.07) is 6.03. The summed E-state index contributed by atoms with van der Waals surface area (Å²) >= 11 is 0. The number of anilines is 2. The van der Waals surface area contributed by atoms with Crippen LogP contribution in [0.1, 0.15) is 65.4 Å². The summed E-state index contributed by atoms with van der Waals surface area (Å²) in [7, 11) is 3.57. The molecule has 0 aromatic carbocycles. The molecule has 38 heavy (non-hydrogen) atoms. The van der Waals surface area contributed by atoms with Crippen molar-refractivity contribution in [2.24, 2.45) is 16.8 Å². The number of likely N-dealkylation sites (tertiary alicyclic amines) is 1. The van der Waals surface area contributed by atoms with Crippen LogP contribution < -0.4 is 5.32 Å². The second-order valence-corrected chi connectivity index (χ2v) is 11.4. The van der Waals surface area contributed by atoms with Crippen molar-refractivity contribution in [3.63, 3.8) is 0 Å². The molecule has 2 aliphatic carbocycles. The van der Waals surface area contributed by atoms with Crippen molar-refractivity contribution in [3.8, 4) is 0 Å². The Hall–Kier alpha value is -3.82. The van der Waals surface area contributed by atoms with Crippen molar-refractivity contribution in [3.05, 3.63) is 41.9 Å². The van der Waals surface area contributed by atoms with Gasteiger partial charge in [0.05, 0.1) is 18.2 Å². The Labute approximate surface area is 221 Å². The number of amides is 2. The van der Waals surface area contributed by atoms with Gasteiger partial charge in [-0.25, -0.2) is 9.97 Å². The molecule has 2 fully saturated rings. The molecule has 3 aromatic heterocycles. The maximum atomic E-state index is 13.1. The van der Waals surface area contributed by atoms with Crippen LogP contribution in [-0.2, 0) is 0 Å². The minimum absolute atomic E-state index is 0.0113. The molecular formula is C28H32N8O2. The summed E-state index contributed by atoms with van der Waals surface area (Å²) in [4.78, 5) is 48.1. The van der Waals surface area contributed by atoms with Crippen LogP contribution >= 0.6 is 0 Å². The quantitative estimate of drug-likeness (QED) is 0.559. The van der Waals surface area contributed by atoms with Crippen LogP contribution in [0, 0.1) is 11.8 Å². The van der Waals surface area contributed by atoms with Crippen molar-refractivity contribution < 1.29 is 9.59 Å². The zero-order chi connectivity index (χ0) is 26.0.